The summed E-state index contributed by atoms with van der Waals surface area (Å²) in [6, 6.07) is 15.6. The van der Waals surface area contributed by atoms with Gasteiger partial charge < -0.3 is 24.3 Å². The van der Waals surface area contributed by atoms with E-state index in [4.69, 9.17) is 14.2 Å². The Bertz CT molecular complexity index is 1640. The molecular formula is C26H25BrN4O7S. The van der Waals surface area contributed by atoms with Crippen LogP contribution < -0.4 is 18.5 Å². The lowest BCUT2D eigenvalue weighted by Crippen LogP contribution is -2.35. The van der Waals surface area contributed by atoms with Crippen molar-refractivity contribution in [2.75, 3.05) is 31.7 Å². The molecule has 0 atom stereocenters. The van der Waals surface area contributed by atoms with Gasteiger partial charge in [0.2, 0.25) is 5.88 Å². The second kappa shape index (κ2) is 11.7. The van der Waals surface area contributed by atoms with Crippen LogP contribution in [0.4, 0.5) is 11.4 Å². The Kier molecular flexibility index (Phi) is 8.41. The van der Waals surface area contributed by atoms with E-state index in [2.05, 4.69) is 31.1 Å². The first-order chi connectivity index (χ1) is 18.7. The van der Waals surface area contributed by atoms with Crippen LogP contribution in [0, 0.1) is 0 Å². The first kappa shape index (κ1) is 27.9. The molecule has 1 heterocycles. The van der Waals surface area contributed by atoms with E-state index >= 15 is 0 Å². The summed E-state index contributed by atoms with van der Waals surface area (Å²) < 4.78 is 45.1. The van der Waals surface area contributed by atoms with Crippen molar-refractivity contribution in [3.05, 3.63) is 65.1 Å². The summed E-state index contributed by atoms with van der Waals surface area (Å²) in [6.45, 7) is 1.60. The van der Waals surface area contributed by atoms with Gasteiger partial charge in [0.25, 0.3) is 15.9 Å². The molecule has 4 rings (SSSR count). The maximum atomic E-state index is 13.8. The van der Waals surface area contributed by atoms with Crippen LogP contribution in [0.15, 0.2) is 80.3 Å². The third-order valence-electron chi connectivity index (χ3n) is 5.63. The number of nitrogens with one attached hydrogen (secondary N) is 1. The van der Waals surface area contributed by atoms with Gasteiger partial charge >= 0.3 is 0 Å². The second-order valence-electron chi connectivity index (χ2n) is 8.06. The number of halogens is 1. The van der Waals surface area contributed by atoms with E-state index in [0.29, 0.717) is 29.0 Å². The van der Waals surface area contributed by atoms with E-state index in [1.54, 1.807) is 30.3 Å². The van der Waals surface area contributed by atoms with Gasteiger partial charge in [0.05, 0.1) is 36.9 Å². The largest absolute Gasteiger partial charge is 0.494 e. The number of anilines is 1. The molecule has 0 saturated heterocycles. The van der Waals surface area contributed by atoms with Crippen molar-refractivity contribution >= 4 is 54.1 Å². The summed E-state index contributed by atoms with van der Waals surface area (Å²) in [5, 5.41) is 18.4. The predicted octanol–water partition coefficient (Wildman–Crippen LogP) is 5.56. The normalized spacial score (nSPS) is 11.6. The first-order valence-corrected chi connectivity index (χ1v) is 13.8. The molecular weight excluding hydrogens is 592 g/mol. The van der Waals surface area contributed by atoms with Crippen LogP contribution in [-0.4, -0.2) is 51.8 Å². The number of aromatic amines is 1. The summed E-state index contributed by atoms with van der Waals surface area (Å²) in [6.07, 6.45) is 0. The van der Waals surface area contributed by atoms with Crippen molar-refractivity contribution in [2.45, 2.75) is 11.8 Å². The van der Waals surface area contributed by atoms with Gasteiger partial charge in [-0.2, -0.15) is 0 Å². The highest BCUT2D eigenvalue weighted by molar-refractivity contribution is 9.10. The Morgan fingerprint density at radius 2 is 1.74 bits per heavy atom. The van der Waals surface area contributed by atoms with Gasteiger partial charge in [0.1, 0.15) is 12.3 Å². The van der Waals surface area contributed by atoms with Crippen LogP contribution in [-0.2, 0) is 14.8 Å². The number of fused-ring (bicyclic) bond motifs is 1. The fraction of sp³-hybridized carbons (Fsp3) is 0.192. The summed E-state index contributed by atoms with van der Waals surface area (Å²) in [5.41, 5.74) is 0.842. The maximum Gasteiger partial charge on any atom is 0.285 e. The van der Waals surface area contributed by atoms with Crippen molar-refractivity contribution < 1.29 is 32.5 Å². The zero-order valence-corrected chi connectivity index (χ0v) is 23.6. The number of aromatic nitrogens is 1. The molecule has 0 bridgehead atoms. The fourth-order valence-corrected chi connectivity index (χ4v) is 5.58. The van der Waals surface area contributed by atoms with Crippen molar-refractivity contribution in [1.29, 1.82) is 0 Å². The van der Waals surface area contributed by atoms with Gasteiger partial charge in [0, 0.05) is 15.9 Å². The zero-order chi connectivity index (χ0) is 28.2. The molecule has 2 N–H and O–H groups in total. The Balaban J connectivity index is 1.70. The van der Waals surface area contributed by atoms with Crippen LogP contribution in [0.3, 0.4) is 0 Å². The van der Waals surface area contributed by atoms with E-state index in [0.717, 1.165) is 8.78 Å². The summed E-state index contributed by atoms with van der Waals surface area (Å²) in [4.78, 5) is 15.6. The van der Waals surface area contributed by atoms with Crippen molar-refractivity contribution in [3.63, 3.8) is 0 Å². The summed E-state index contributed by atoms with van der Waals surface area (Å²) in [7, 11) is -1.45. The number of ether oxygens (including phenoxy) is 3. The molecule has 0 aliphatic rings. The minimum absolute atomic E-state index is 0.0509. The van der Waals surface area contributed by atoms with Crippen molar-refractivity contribution in [3.8, 4) is 23.1 Å². The fourth-order valence-electron chi connectivity index (χ4n) is 3.79. The van der Waals surface area contributed by atoms with Crippen LogP contribution in [0.25, 0.3) is 10.9 Å². The number of sulfonamides is 1. The third kappa shape index (κ3) is 5.99. The predicted molar refractivity (Wildman–Crippen MR) is 149 cm³/mol. The lowest BCUT2D eigenvalue weighted by molar-refractivity contribution is -0.116. The number of benzene rings is 3. The Morgan fingerprint density at radius 1 is 1.03 bits per heavy atom. The Labute approximate surface area is 233 Å². The topological polar surface area (TPSA) is 143 Å². The number of hydrogen-bond donors (Lipinski definition) is 2. The van der Waals surface area contributed by atoms with Crippen LogP contribution in [0.5, 0.6) is 23.1 Å². The van der Waals surface area contributed by atoms with Gasteiger partial charge in [0.15, 0.2) is 17.2 Å². The monoisotopic (exact) mass is 616 g/mol. The van der Waals surface area contributed by atoms with Gasteiger partial charge in [-0.25, -0.2) is 8.42 Å². The Hall–Kier alpha value is -4.10. The number of hydrogen-bond acceptors (Lipinski definition) is 8. The first-order valence-electron chi connectivity index (χ1n) is 11.6. The smallest absolute Gasteiger partial charge is 0.285 e. The number of carbonyl (C=O) groups is 1. The van der Waals surface area contributed by atoms with E-state index in [1.807, 2.05) is 6.92 Å². The lowest BCUT2D eigenvalue weighted by atomic mass is 10.2. The number of carbonyl (C=O) groups excluding carboxylic acids is 1. The highest BCUT2D eigenvalue weighted by Gasteiger charge is 2.28. The van der Waals surface area contributed by atoms with Crippen molar-refractivity contribution in [1.82, 2.24) is 4.98 Å². The molecule has 0 unspecified atom stereocenters. The molecule has 0 aliphatic carbocycles. The standard InChI is InChI=1S/C26H25BrN4O7S/c1-4-38-18-8-6-17(7-9-18)31(39(34,35)19-10-12-22(36-2)23(14-19)37-3)15-24(32)29-30-25-20-13-16(27)5-11-21(20)28-26(25)33/h5-14,28,33H,4,15H2,1-3H3. The number of amides is 1. The molecule has 1 aromatic heterocycles. The highest BCUT2D eigenvalue weighted by Crippen LogP contribution is 2.37. The molecule has 0 saturated carbocycles. The molecule has 0 fully saturated rings. The molecule has 1 amide bonds. The molecule has 0 spiro atoms. The SMILES string of the molecule is CCOc1ccc(N(CC(=O)N=Nc2c(O)[nH]c3ccc(Br)cc23)S(=O)(=O)c2ccc(OC)c(OC)c2)cc1. The summed E-state index contributed by atoms with van der Waals surface area (Å²) in [5.74, 6) is -0.0503. The minimum Gasteiger partial charge on any atom is -0.494 e. The average Bonchev–Trinajstić information content (AvgIpc) is 3.24. The van der Waals surface area contributed by atoms with E-state index < -0.39 is 22.5 Å². The number of rotatable bonds is 10. The zero-order valence-electron chi connectivity index (χ0n) is 21.2. The molecule has 204 valence electrons. The molecule has 3 aromatic carbocycles. The molecule has 4 aromatic rings. The average molecular weight is 617 g/mol. The summed E-state index contributed by atoms with van der Waals surface area (Å²) >= 11 is 3.36. The highest BCUT2D eigenvalue weighted by atomic mass is 79.9. The third-order valence-corrected chi connectivity index (χ3v) is 7.90. The molecule has 0 radical (unpaired) electrons. The van der Waals surface area contributed by atoms with E-state index in [-0.39, 0.29) is 27.9 Å². The second-order valence-corrected chi connectivity index (χ2v) is 10.8. The van der Waals surface area contributed by atoms with Crippen LogP contribution in [0.1, 0.15) is 6.92 Å². The van der Waals surface area contributed by atoms with Gasteiger partial charge in [-0.3, -0.25) is 9.10 Å². The van der Waals surface area contributed by atoms with Gasteiger partial charge in [-0.15, -0.1) is 10.2 Å². The van der Waals surface area contributed by atoms with Gasteiger partial charge in [-0.1, -0.05) is 15.9 Å². The number of methoxy groups -OCH3 is 2. The van der Waals surface area contributed by atoms with Crippen molar-refractivity contribution in [2.24, 2.45) is 10.2 Å². The van der Waals surface area contributed by atoms with E-state index in [9.17, 15) is 18.3 Å². The van der Waals surface area contributed by atoms with E-state index in [1.165, 1.54) is 44.6 Å². The molecule has 11 nitrogen and oxygen atoms in total. The van der Waals surface area contributed by atoms with Crippen LogP contribution >= 0.6 is 15.9 Å². The van der Waals surface area contributed by atoms with Gasteiger partial charge in [-0.05, 0) is 61.5 Å². The van der Waals surface area contributed by atoms with Crippen LogP contribution in [0.2, 0.25) is 0 Å². The lowest BCUT2D eigenvalue weighted by Gasteiger charge is -2.23. The molecule has 0 aliphatic heterocycles. The minimum atomic E-state index is -4.28. The quantitative estimate of drug-likeness (QED) is 0.222. The maximum absolute atomic E-state index is 13.8. The molecule has 39 heavy (non-hydrogen) atoms. The number of aromatic hydroxyl groups is 1. The molecule has 13 heteroatoms. The Morgan fingerprint density at radius 3 is 2.41 bits per heavy atom. The number of H-pyrrole nitrogens is 1. The number of azo groups is 1. The number of nitrogens with zero attached hydrogens (tertiary/aromatic N) is 3.